The van der Waals surface area contributed by atoms with E-state index in [-0.39, 0.29) is 6.04 Å². The average Bonchev–Trinajstić information content (AvgIpc) is 3.83. The highest BCUT2D eigenvalue weighted by atomic mass is 32.1. The predicted octanol–water partition coefficient (Wildman–Crippen LogP) is 12.9. The van der Waals surface area contributed by atoms with Gasteiger partial charge in [0.05, 0.1) is 17.1 Å². The Labute approximate surface area is 294 Å². The number of nitrogens with zero attached hydrogens (tertiary/aromatic N) is 2. The molecule has 0 radical (unpaired) electrons. The zero-order valence-corrected chi connectivity index (χ0v) is 28.4. The summed E-state index contributed by atoms with van der Waals surface area (Å²) in [7, 11) is 0. The van der Waals surface area contributed by atoms with Crippen molar-refractivity contribution >= 4 is 86.6 Å². The number of para-hydroxylation sites is 3. The molecule has 2 aliphatic rings. The number of anilines is 2. The van der Waals surface area contributed by atoms with Crippen molar-refractivity contribution in [1.82, 2.24) is 4.57 Å². The topological polar surface area (TPSA) is 8.17 Å². The van der Waals surface area contributed by atoms with Crippen LogP contribution in [0.2, 0.25) is 0 Å². The highest BCUT2D eigenvalue weighted by molar-refractivity contribution is 7.26. The smallest absolute Gasteiger partial charge is 0.0658 e. The molecule has 50 heavy (non-hydrogen) atoms. The second-order valence-corrected chi connectivity index (χ2v) is 14.8. The highest BCUT2D eigenvalue weighted by Gasteiger charge is 2.39. The van der Waals surface area contributed by atoms with Crippen LogP contribution in [0.5, 0.6) is 0 Å². The summed E-state index contributed by atoms with van der Waals surface area (Å²) in [5, 5.41) is 7.86. The fraction of sp³-hybridized carbons (Fsp3) is 0.0638. The van der Waals surface area contributed by atoms with Crippen molar-refractivity contribution in [1.29, 1.82) is 0 Å². The fourth-order valence-corrected chi connectivity index (χ4v) is 10.1. The first kappa shape index (κ1) is 28.0. The van der Waals surface area contributed by atoms with Crippen molar-refractivity contribution < 1.29 is 0 Å². The lowest BCUT2D eigenvalue weighted by atomic mass is 9.83. The van der Waals surface area contributed by atoms with Gasteiger partial charge in [-0.05, 0) is 82.6 Å². The van der Waals surface area contributed by atoms with Gasteiger partial charge in [0.15, 0.2) is 0 Å². The molecule has 2 nitrogen and oxygen atoms in total. The van der Waals surface area contributed by atoms with E-state index in [9.17, 15) is 0 Å². The lowest BCUT2D eigenvalue weighted by Gasteiger charge is -2.33. The van der Waals surface area contributed by atoms with Crippen molar-refractivity contribution in [3.8, 4) is 5.69 Å². The molecular weight excluding hydrogens is 625 g/mol. The van der Waals surface area contributed by atoms with Crippen LogP contribution in [0.4, 0.5) is 11.4 Å². The molecule has 0 fully saturated rings. The Balaban J connectivity index is 1.15. The Morgan fingerprint density at radius 1 is 0.600 bits per heavy atom. The van der Waals surface area contributed by atoms with Gasteiger partial charge in [-0.25, -0.2) is 0 Å². The Kier molecular flexibility index (Phi) is 5.90. The largest absolute Gasteiger partial charge is 0.333 e. The molecule has 3 heterocycles. The number of aromatic nitrogens is 1. The van der Waals surface area contributed by atoms with Crippen molar-refractivity contribution in [2.45, 2.75) is 13.0 Å². The van der Waals surface area contributed by atoms with Crippen LogP contribution in [0.15, 0.2) is 164 Å². The van der Waals surface area contributed by atoms with Gasteiger partial charge < -0.3 is 9.47 Å². The number of allylic oxidation sites excluding steroid dienone is 2. The number of hydrogen-bond donors (Lipinski definition) is 0. The van der Waals surface area contributed by atoms with E-state index >= 15 is 0 Å². The van der Waals surface area contributed by atoms with Gasteiger partial charge in [-0.3, -0.25) is 0 Å². The SMILES string of the molecule is CC1C=C(c2ccc3c(c2)c2ccc4ccc5c6ccccc6sc5c4c2n3-c2ccccc2)C=C2c3ccccc3N(c3ccccc3)C21. The molecule has 2 unspecified atom stereocenters. The van der Waals surface area contributed by atoms with Crippen LogP contribution in [0, 0.1) is 5.92 Å². The number of thiophene rings is 1. The monoisotopic (exact) mass is 656 g/mol. The molecule has 7 aromatic carbocycles. The maximum atomic E-state index is 2.54. The summed E-state index contributed by atoms with van der Waals surface area (Å²) in [5.74, 6) is 0.323. The van der Waals surface area contributed by atoms with Crippen LogP contribution in [-0.2, 0) is 0 Å². The molecule has 2 aromatic heterocycles. The molecule has 9 aromatic rings. The van der Waals surface area contributed by atoms with Crippen LogP contribution >= 0.6 is 11.3 Å². The van der Waals surface area contributed by atoms with Gasteiger partial charge in [0.25, 0.3) is 0 Å². The van der Waals surface area contributed by atoms with Crippen molar-refractivity contribution in [3.63, 3.8) is 0 Å². The molecule has 3 heteroatoms. The van der Waals surface area contributed by atoms with Crippen molar-refractivity contribution in [2.24, 2.45) is 5.92 Å². The van der Waals surface area contributed by atoms with Crippen molar-refractivity contribution in [3.05, 3.63) is 175 Å². The predicted molar refractivity (Wildman–Crippen MR) is 215 cm³/mol. The molecule has 1 aliphatic carbocycles. The van der Waals surface area contributed by atoms with Gasteiger partial charge in [-0.15, -0.1) is 11.3 Å². The van der Waals surface area contributed by atoms with E-state index < -0.39 is 0 Å². The van der Waals surface area contributed by atoms with Crippen LogP contribution < -0.4 is 4.90 Å². The van der Waals surface area contributed by atoms with E-state index in [0.717, 1.165) is 0 Å². The third-order valence-electron chi connectivity index (χ3n) is 11.0. The summed E-state index contributed by atoms with van der Waals surface area (Å²) in [6, 6.07) is 56.2. The molecule has 0 amide bonds. The van der Waals surface area contributed by atoms with E-state index in [1.807, 2.05) is 11.3 Å². The maximum Gasteiger partial charge on any atom is 0.0658 e. The van der Waals surface area contributed by atoms with Gasteiger partial charge in [-0.1, -0.05) is 116 Å². The van der Waals surface area contributed by atoms with Gasteiger partial charge in [0, 0.05) is 59.0 Å². The van der Waals surface area contributed by atoms with E-state index in [2.05, 4.69) is 180 Å². The highest BCUT2D eigenvalue weighted by Crippen LogP contribution is 2.51. The molecule has 11 rings (SSSR count). The van der Waals surface area contributed by atoms with E-state index in [4.69, 9.17) is 0 Å². The minimum Gasteiger partial charge on any atom is -0.333 e. The second-order valence-electron chi connectivity index (χ2n) is 13.8. The number of hydrogen-bond acceptors (Lipinski definition) is 2. The summed E-state index contributed by atoms with van der Waals surface area (Å²) < 4.78 is 5.19. The second kappa shape index (κ2) is 10.5. The standard InChI is InChI=1S/C47H32N2S/c1-29-26-32(28-40-35-16-8-10-18-41(35)48(45(29)40)33-12-4-2-5-13-33)31-22-25-42-39(27-31)37-23-20-30-21-24-38-36-17-9-11-19-43(36)50-47(38)44(30)46(37)49(42)34-14-6-3-7-15-34/h2-29,45H,1H3. The van der Waals surface area contributed by atoms with Gasteiger partial charge >= 0.3 is 0 Å². The van der Waals surface area contributed by atoms with Crippen LogP contribution in [0.25, 0.3) is 69.6 Å². The lowest BCUT2D eigenvalue weighted by molar-refractivity contribution is 0.639. The molecule has 0 spiro atoms. The number of benzene rings is 7. The van der Waals surface area contributed by atoms with E-state index in [0.29, 0.717) is 5.92 Å². The molecule has 0 saturated heterocycles. The summed E-state index contributed by atoms with van der Waals surface area (Å²) >= 11 is 1.91. The minimum atomic E-state index is 0.261. The van der Waals surface area contributed by atoms with E-state index in [1.165, 1.54) is 92.1 Å². The minimum absolute atomic E-state index is 0.261. The first-order valence-corrected chi connectivity index (χ1v) is 18.3. The molecule has 0 bridgehead atoms. The Morgan fingerprint density at radius 2 is 1.32 bits per heavy atom. The summed E-state index contributed by atoms with van der Waals surface area (Å²) in [6.45, 7) is 2.38. The Hall–Kier alpha value is -5.90. The molecule has 2 atom stereocenters. The third-order valence-corrected chi connectivity index (χ3v) is 12.2. The average molecular weight is 657 g/mol. The zero-order chi connectivity index (χ0) is 32.9. The quantitative estimate of drug-likeness (QED) is 0.184. The fourth-order valence-electron chi connectivity index (χ4n) is 8.83. The van der Waals surface area contributed by atoms with Gasteiger partial charge in [-0.2, -0.15) is 0 Å². The maximum absolute atomic E-state index is 2.54. The third kappa shape index (κ3) is 3.90. The number of fused-ring (bicyclic) bond motifs is 12. The van der Waals surface area contributed by atoms with Crippen LogP contribution in [0.1, 0.15) is 18.1 Å². The first-order chi connectivity index (χ1) is 24.7. The van der Waals surface area contributed by atoms with Crippen molar-refractivity contribution in [2.75, 3.05) is 4.90 Å². The number of rotatable bonds is 3. The molecule has 236 valence electrons. The first-order valence-electron chi connectivity index (χ1n) is 17.5. The van der Waals surface area contributed by atoms with Gasteiger partial charge in [0.1, 0.15) is 0 Å². The Morgan fingerprint density at radius 3 is 2.16 bits per heavy atom. The lowest BCUT2D eigenvalue weighted by Crippen LogP contribution is -2.33. The van der Waals surface area contributed by atoms with Crippen LogP contribution in [-0.4, -0.2) is 10.6 Å². The van der Waals surface area contributed by atoms with E-state index in [1.54, 1.807) is 0 Å². The van der Waals surface area contributed by atoms with Gasteiger partial charge in [0.2, 0.25) is 0 Å². The molecule has 0 saturated carbocycles. The molecule has 0 N–H and O–H groups in total. The molecule has 1 aliphatic heterocycles. The van der Waals surface area contributed by atoms with Crippen LogP contribution in [0.3, 0.4) is 0 Å². The Bertz CT molecular complexity index is 2890. The summed E-state index contributed by atoms with van der Waals surface area (Å²) in [5.41, 5.74) is 11.5. The molecular formula is C47H32N2S. The summed E-state index contributed by atoms with van der Waals surface area (Å²) in [6.07, 6.45) is 4.95. The normalized spacial score (nSPS) is 17.1. The summed E-state index contributed by atoms with van der Waals surface area (Å²) in [4.78, 5) is 2.54. The zero-order valence-electron chi connectivity index (χ0n) is 27.5.